The molecule has 0 spiro atoms. The molecule has 22 heavy (non-hydrogen) atoms. The molecule has 0 aliphatic carbocycles. The lowest BCUT2D eigenvalue weighted by molar-refractivity contribution is 0.320. The van der Waals surface area contributed by atoms with Gasteiger partial charge in [-0.25, -0.2) is 13.1 Å². The molecule has 2 N–H and O–H groups in total. The Morgan fingerprint density at radius 3 is 2.59 bits per heavy atom. The fraction of sp³-hybridized carbons (Fsp3) is 0.600. The van der Waals surface area contributed by atoms with Crippen LogP contribution in [0.3, 0.4) is 0 Å². The molecule has 1 saturated heterocycles. The van der Waals surface area contributed by atoms with Gasteiger partial charge in [0.2, 0.25) is 10.0 Å². The second kappa shape index (κ2) is 7.30. The third-order valence-corrected chi connectivity index (χ3v) is 5.61. The predicted octanol–water partition coefficient (Wildman–Crippen LogP) is 1.37. The summed E-state index contributed by atoms with van der Waals surface area (Å²) in [6.45, 7) is 3.76. The van der Waals surface area contributed by atoms with Crippen LogP contribution in [0.1, 0.15) is 19.8 Å². The maximum absolute atomic E-state index is 12.5. The topological polar surface area (TPSA) is 76.7 Å². The fourth-order valence-corrected chi connectivity index (χ4v) is 4.03. The molecule has 124 valence electrons. The molecule has 1 fully saturated rings. The van der Waals surface area contributed by atoms with Gasteiger partial charge in [-0.3, -0.25) is 0 Å². The van der Waals surface area contributed by atoms with Crippen LogP contribution >= 0.6 is 0 Å². The van der Waals surface area contributed by atoms with Crippen molar-refractivity contribution in [2.24, 2.45) is 5.92 Å². The second-order valence-corrected chi connectivity index (χ2v) is 7.25. The lowest BCUT2D eigenvalue weighted by Crippen LogP contribution is -2.44. The highest BCUT2D eigenvalue weighted by Gasteiger charge is 2.25. The molecule has 1 aliphatic heterocycles. The molecule has 2 atom stereocenters. The highest BCUT2D eigenvalue weighted by Crippen LogP contribution is 2.29. The van der Waals surface area contributed by atoms with Gasteiger partial charge < -0.3 is 14.8 Å². The average Bonchev–Trinajstić information content (AvgIpc) is 2.54. The van der Waals surface area contributed by atoms with Gasteiger partial charge in [-0.05, 0) is 50.9 Å². The van der Waals surface area contributed by atoms with Crippen LogP contribution in [-0.4, -0.2) is 41.8 Å². The maximum Gasteiger partial charge on any atom is 0.240 e. The minimum atomic E-state index is -3.58. The van der Waals surface area contributed by atoms with Crippen molar-refractivity contribution >= 4 is 10.0 Å². The molecule has 7 heteroatoms. The summed E-state index contributed by atoms with van der Waals surface area (Å²) in [7, 11) is -0.579. The summed E-state index contributed by atoms with van der Waals surface area (Å²) >= 11 is 0. The van der Waals surface area contributed by atoms with Crippen molar-refractivity contribution < 1.29 is 17.9 Å². The van der Waals surface area contributed by atoms with Crippen LogP contribution in [0.4, 0.5) is 0 Å². The van der Waals surface area contributed by atoms with Crippen LogP contribution in [0.25, 0.3) is 0 Å². The third kappa shape index (κ3) is 3.91. The van der Waals surface area contributed by atoms with E-state index in [1.807, 2.05) is 6.92 Å². The monoisotopic (exact) mass is 328 g/mol. The van der Waals surface area contributed by atoms with E-state index >= 15 is 0 Å². The molecular weight excluding hydrogens is 304 g/mol. The predicted molar refractivity (Wildman–Crippen MR) is 84.9 cm³/mol. The first-order chi connectivity index (χ1) is 10.5. The Labute approximate surface area is 132 Å². The second-order valence-electron chi connectivity index (χ2n) is 5.53. The standard InChI is InChI=1S/C15H24N2O4S/c1-11(12-5-4-8-16-10-12)17-22(18,19)13-6-7-14(20-2)15(9-13)21-3/h6-7,9,11-12,16-17H,4-5,8,10H2,1-3H3. The summed E-state index contributed by atoms with van der Waals surface area (Å²) in [6, 6.07) is 4.48. The molecule has 1 aliphatic rings. The van der Waals surface area contributed by atoms with Gasteiger partial charge in [-0.1, -0.05) is 0 Å². The van der Waals surface area contributed by atoms with Gasteiger partial charge in [-0.15, -0.1) is 0 Å². The van der Waals surface area contributed by atoms with Crippen LogP contribution in [-0.2, 0) is 10.0 Å². The van der Waals surface area contributed by atoms with E-state index < -0.39 is 10.0 Å². The lowest BCUT2D eigenvalue weighted by atomic mass is 9.94. The van der Waals surface area contributed by atoms with Gasteiger partial charge >= 0.3 is 0 Å². The van der Waals surface area contributed by atoms with Crippen LogP contribution in [0.5, 0.6) is 11.5 Å². The van der Waals surface area contributed by atoms with Gasteiger partial charge in [-0.2, -0.15) is 0 Å². The first kappa shape index (κ1) is 17.1. The molecule has 0 saturated carbocycles. The van der Waals surface area contributed by atoms with Crippen LogP contribution in [0.2, 0.25) is 0 Å². The summed E-state index contributed by atoms with van der Waals surface area (Å²) in [6.07, 6.45) is 2.11. The zero-order valence-corrected chi connectivity index (χ0v) is 14.1. The smallest absolute Gasteiger partial charge is 0.240 e. The van der Waals surface area contributed by atoms with Crippen molar-refractivity contribution in [3.05, 3.63) is 18.2 Å². The normalized spacial score (nSPS) is 20.4. The Bertz CT molecular complexity index is 598. The van der Waals surface area contributed by atoms with E-state index in [1.165, 1.54) is 26.4 Å². The largest absolute Gasteiger partial charge is 0.493 e. The Morgan fingerprint density at radius 2 is 2.00 bits per heavy atom. The molecule has 0 radical (unpaired) electrons. The minimum Gasteiger partial charge on any atom is -0.493 e. The number of ether oxygens (including phenoxy) is 2. The van der Waals surface area contributed by atoms with Crippen LogP contribution in [0.15, 0.2) is 23.1 Å². The number of methoxy groups -OCH3 is 2. The maximum atomic E-state index is 12.5. The number of hydrogen-bond donors (Lipinski definition) is 2. The highest BCUT2D eigenvalue weighted by molar-refractivity contribution is 7.89. The molecule has 6 nitrogen and oxygen atoms in total. The van der Waals surface area contributed by atoms with Gasteiger partial charge in [0.25, 0.3) is 0 Å². The van der Waals surface area contributed by atoms with Gasteiger partial charge in [0.15, 0.2) is 11.5 Å². The number of nitrogens with one attached hydrogen (secondary N) is 2. The Balaban J connectivity index is 2.15. The summed E-state index contributed by atoms with van der Waals surface area (Å²) in [5.74, 6) is 1.21. The number of hydrogen-bond acceptors (Lipinski definition) is 5. The molecule has 0 bridgehead atoms. The zero-order valence-electron chi connectivity index (χ0n) is 13.3. The molecule has 1 aromatic rings. The number of rotatable bonds is 6. The van der Waals surface area contributed by atoms with Gasteiger partial charge in [0.1, 0.15) is 0 Å². The summed E-state index contributed by atoms with van der Waals surface area (Å²) in [5, 5.41) is 3.30. The summed E-state index contributed by atoms with van der Waals surface area (Å²) in [4.78, 5) is 0.181. The van der Waals surface area contributed by atoms with E-state index in [0.29, 0.717) is 17.4 Å². The van der Waals surface area contributed by atoms with E-state index in [-0.39, 0.29) is 10.9 Å². The van der Waals surface area contributed by atoms with Crippen molar-refractivity contribution in [2.45, 2.75) is 30.7 Å². The molecule has 2 unspecified atom stereocenters. The zero-order chi connectivity index (χ0) is 16.2. The summed E-state index contributed by atoms with van der Waals surface area (Å²) < 4.78 is 38.1. The quantitative estimate of drug-likeness (QED) is 0.825. The van der Waals surface area contributed by atoms with E-state index in [9.17, 15) is 8.42 Å². The Morgan fingerprint density at radius 1 is 1.27 bits per heavy atom. The first-order valence-electron chi connectivity index (χ1n) is 7.43. The van der Waals surface area contributed by atoms with Crippen LogP contribution < -0.4 is 19.5 Å². The molecule has 1 aromatic carbocycles. The molecule has 2 rings (SSSR count). The van der Waals surface area contributed by atoms with Crippen molar-refractivity contribution in [1.82, 2.24) is 10.0 Å². The van der Waals surface area contributed by atoms with Gasteiger partial charge in [0.05, 0.1) is 19.1 Å². The number of sulfonamides is 1. The average molecular weight is 328 g/mol. The first-order valence-corrected chi connectivity index (χ1v) is 8.91. The highest BCUT2D eigenvalue weighted by atomic mass is 32.2. The SMILES string of the molecule is COc1ccc(S(=O)(=O)NC(C)C2CCCNC2)cc1OC. The van der Waals surface area contributed by atoms with Crippen molar-refractivity contribution in [2.75, 3.05) is 27.3 Å². The third-order valence-electron chi connectivity index (χ3n) is 4.05. The van der Waals surface area contributed by atoms with Gasteiger partial charge in [0, 0.05) is 12.1 Å². The van der Waals surface area contributed by atoms with E-state index in [0.717, 1.165) is 25.9 Å². The van der Waals surface area contributed by atoms with E-state index in [1.54, 1.807) is 6.07 Å². The number of piperidine rings is 1. The Hall–Kier alpha value is -1.31. The lowest BCUT2D eigenvalue weighted by Gasteiger charge is -2.28. The fourth-order valence-electron chi connectivity index (χ4n) is 2.70. The van der Waals surface area contributed by atoms with Crippen molar-refractivity contribution in [1.29, 1.82) is 0 Å². The van der Waals surface area contributed by atoms with Crippen LogP contribution in [0, 0.1) is 5.92 Å². The molecule has 1 heterocycles. The molecular formula is C15H24N2O4S. The van der Waals surface area contributed by atoms with Crippen molar-refractivity contribution in [3.63, 3.8) is 0 Å². The molecule has 0 aromatic heterocycles. The Kier molecular flexibility index (Phi) is 5.66. The van der Waals surface area contributed by atoms with E-state index in [4.69, 9.17) is 9.47 Å². The van der Waals surface area contributed by atoms with E-state index in [2.05, 4.69) is 10.0 Å². The minimum absolute atomic E-state index is 0.120. The molecule has 0 amide bonds. The number of benzene rings is 1. The summed E-state index contributed by atoms with van der Waals surface area (Å²) in [5.41, 5.74) is 0. The van der Waals surface area contributed by atoms with Crippen molar-refractivity contribution in [3.8, 4) is 11.5 Å².